The Labute approximate surface area is 188 Å². The largest absolute Gasteiger partial charge is 0.317 e. The van der Waals surface area contributed by atoms with Gasteiger partial charge in [-0.1, -0.05) is 19.1 Å². The highest BCUT2D eigenvalue weighted by Crippen LogP contribution is 2.31. The molecule has 8 heteroatoms. The van der Waals surface area contributed by atoms with Crippen molar-refractivity contribution in [1.29, 1.82) is 5.41 Å². The van der Waals surface area contributed by atoms with E-state index in [0.29, 0.717) is 15.8 Å². The fourth-order valence-electron chi connectivity index (χ4n) is 3.49. The lowest BCUT2D eigenvalue weighted by atomic mass is 10.1. The molecule has 32 heavy (non-hydrogen) atoms. The molecule has 2 aliphatic rings. The fraction of sp³-hybridized carbons (Fsp3) is 0.0833. The van der Waals surface area contributed by atoms with Crippen LogP contribution in [0, 0.1) is 11.2 Å². The van der Waals surface area contributed by atoms with E-state index in [2.05, 4.69) is 29.2 Å². The second kappa shape index (κ2) is 8.05. The van der Waals surface area contributed by atoms with Crippen molar-refractivity contribution >= 4 is 39.8 Å². The minimum Gasteiger partial charge on any atom is -0.317 e. The van der Waals surface area contributed by atoms with E-state index >= 15 is 0 Å². The molecule has 0 bridgehead atoms. The van der Waals surface area contributed by atoms with E-state index in [1.54, 1.807) is 18.2 Å². The summed E-state index contributed by atoms with van der Waals surface area (Å²) in [4.78, 5) is 16.9. The molecule has 1 amide bonds. The number of aliphatic imine (C=N–C) groups is 1. The maximum absolute atomic E-state index is 13.2. The SMILES string of the molecule is CCc1ccc(-n2cccc2/C=C2\C(=N)N3N=C(c4ccc(F)cc4)SC3=NC2=O)cc1. The summed E-state index contributed by atoms with van der Waals surface area (Å²) in [5, 5.41) is 15.3. The second-order valence-corrected chi connectivity index (χ2v) is 8.21. The molecule has 0 atom stereocenters. The van der Waals surface area contributed by atoms with E-state index < -0.39 is 5.91 Å². The number of amidine groups is 2. The number of nitrogens with zero attached hydrogens (tertiary/aromatic N) is 4. The number of carbonyl (C=O) groups excluding carboxylic acids is 1. The summed E-state index contributed by atoms with van der Waals surface area (Å²) in [5.41, 5.74) is 3.82. The van der Waals surface area contributed by atoms with Gasteiger partial charge in [0.1, 0.15) is 10.9 Å². The Bertz CT molecular complexity index is 1320. The van der Waals surface area contributed by atoms with Crippen molar-refractivity contribution in [1.82, 2.24) is 9.58 Å². The summed E-state index contributed by atoms with van der Waals surface area (Å²) >= 11 is 1.18. The van der Waals surface area contributed by atoms with Crippen LogP contribution in [0.4, 0.5) is 4.39 Å². The van der Waals surface area contributed by atoms with Crippen LogP contribution in [-0.4, -0.2) is 31.5 Å². The number of hydrogen-bond acceptors (Lipinski definition) is 4. The summed E-state index contributed by atoms with van der Waals surface area (Å²) in [5.74, 6) is -0.870. The van der Waals surface area contributed by atoms with Crippen LogP contribution in [0.25, 0.3) is 11.8 Å². The van der Waals surface area contributed by atoms with Gasteiger partial charge in [0.25, 0.3) is 5.91 Å². The molecule has 0 fully saturated rings. The molecule has 3 heterocycles. The summed E-state index contributed by atoms with van der Waals surface area (Å²) in [6.07, 6.45) is 4.54. The third-order valence-corrected chi connectivity index (χ3v) is 6.20. The van der Waals surface area contributed by atoms with Crippen LogP contribution in [0.3, 0.4) is 0 Å². The molecule has 0 saturated carbocycles. The first kappa shape index (κ1) is 20.1. The van der Waals surface area contributed by atoms with Gasteiger partial charge in [0.15, 0.2) is 5.84 Å². The predicted molar refractivity (Wildman–Crippen MR) is 126 cm³/mol. The Hall–Kier alpha value is -3.78. The van der Waals surface area contributed by atoms with Gasteiger partial charge < -0.3 is 4.57 Å². The molecule has 0 aliphatic carbocycles. The van der Waals surface area contributed by atoms with Gasteiger partial charge in [-0.15, -0.1) is 0 Å². The van der Waals surface area contributed by atoms with Gasteiger partial charge in [0.05, 0.1) is 5.57 Å². The monoisotopic (exact) mass is 443 g/mol. The zero-order valence-electron chi connectivity index (χ0n) is 17.1. The van der Waals surface area contributed by atoms with E-state index in [4.69, 9.17) is 5.41 Å². The van der Waals surface area contributed by atoms with E-state index in [1.807, 2.05) is 35.0 Å². The lowest BCUT2D eigenvalue weighted by Gasteiger charge is -2.20. The Kier molecular flexibility index (Phi) is 5.07. The molecule has 158 valence electrons. The van der Waals surface area contributed by atoms with Gasteiger partial charge in [0.2, 0.25) is 5.17 Å². The lowest BCUT2D eigenvalue weighted by Crippen LogP contribution is -2.35. The highest BCUT2D eigenvalue weighted by molar-refractivity contribution is 8.27. The number of nitrogens with one attached hydrogen (secondary N) is 1. The molecule has 6 nitrogen and oxygen atoms in total. The highest BCUT2D eigenvalue weighted by atomic mass is 32.2. The quantitative estimate of drug-likeness (QED) is 0.586. The van der Waals surface area contributed by atoms with Crippen LogP contribution in [-0.2, 0) is 11.2 Å². The molecule has 2 aromatic carbocycles. The van der Waals surface area contributed by atoms with E-state index in [-0.39, 0.29) is 17.2 Å². The van der Waals surface area contributed by atoms with Gasteiger partial charge in [0, 0.05) is 23.1 Å². The fourth-order valence-corrected chi connectivity index (χ4v) is 4.38. The number of thioether (sulfide) groups is 1. The van der Waals surface area contributed by atoms with Crippen molar-refractivity contribution in [2.45, 2.75) is 13.3 Å². The molecule has 0 spiro atoms. The van der Waals surface area contributed by atoms with Gasteiger partial charge in [-0.3, -0.25) is 10.2 Å². The third-order valence-electron chi connectivity index (χ3n) is 5.24. The molecular formula is C24H18FN5OS. The number of aryl methyl sites for hydroxylation is 1. The normalized spacial score (nSPS) is 16.9. The number of benzene rings is 2. The van der Waals surface area contributed by atoms with Crippen molar-refractivity contribution < 1.29 is 9.18 Å². The van der Waals surface area contributed by atoms with Gasteiger partial charge in [-0.05, 0) is 78.4 Å². The molecular weight excluding hydrogens is 425 g/mol. The first-order chi connectivity index (χ1) is 15.5. The first-order valence-electron chi connectivity index (χ1n) is 10.1. The number of hydrazone groups is 1. The Balaban J connectivity index is 1.47. The molecule has 0 unspecified atom stereocenters. The van der Waals surface area contributed by atoms with Crippen molar-refractivity contribution in [3.63, 3.8) is 0 Å². The Morgan fingerprint density at radius 1 is 1.09 bits per heavy atom. The van der Waals surface area contributed by atoms with Crippen molar-refractivity contribution in [2.75, 3.05) is 0 Å². The van der Waals surface area contributed by atoms with Crippen LogP contribution in [0.15, 0.2) is 82.5 Å². The maximum Gasteiger partial charge on any atom is 0.283 e. The summed E-state index contributed by atoms with van der Waals surface area (Å²) in [6.45, 7) is 2.11. The van der Waals surface area contributed by atoms with Crippen LogP contribution in [0.2, 0.25) is 0 Å². The van der Waals surface area contributed by atoms with E-state index in [1.165, 1.54) is 34.5 Å². The lowest BCUT2D eigenvalue weighted by molar-refractivity contribution is -0.114. The second-order valence-electron chi connectivity index (χ2n) is 7.26. The minimum absolute atomic E-state index is 0.0429. The van der Waals surface area contributed by atoms with Gasteiger partial charge in [-0.25, -0.2) is 4.39 Å². The predicted octanol–water partition coefficient (Wildman–Crippen LogP) is 4.85. The zero-order chi connectivity index (χ0) is 22.2. The van der Waals surface area contributed by atoms with E-state index in [0.717, 1.165) is 17.8 Å². The zero-order valence-corrected chi connectivity index (χ0v) is 17.9. The van der Waals surface area contributed by atoms with Gasteiger partial charge >= 0.3 is 0 Å². The van der Waals surface area contributed by atoms with Gasteiger partial charge in [-0.2, -0.15) is 15.1 Å². The molecule has 0 saturated heterocycles. The summed E-state index contributed by atoms with van der Waals surface area (Å²) < 4.78 is 15.2. The van der Waals surface area contributed by atoms with Crippen LogP contribution < -0.4 is 0 Å². The molecule has 1 aromatic heterocycles. The minimum atomic E-state index is -0.488. The Morgan fingerprint density at radius 3 is 2.56 bits per heavy atom. The topological polar surface area (TPSA) is 73.8 Å². The van der Waals surface area contributed by atoms with E-state index in [9.17, 15) is 9.18 Å². The molecule has 1 N–H and O–H groups in total. The van der Waals surface area contributed by atoms with Crippen LogP contribution >= 0.6 is 11.8 Å². The number of carbonyl (C=O) groups is 1. The standard InChI is InChI=1S/C24H18FN5OS/c1-2-15-5-11-18(12-6-15)29-13-3-4-19(29)14-20-21(26)30-24(27-22(20)31)32-23(28-30)16-7-9-17(25)10-8-16/h3-14,26H,2H2,1H3/b20-14+,26-21?. The summed E-state index contributed by atoms with van der Waals surface area (Å²) in [6, 6.07) is 17.9. The number of amides is 1. The number of rotatable bonds is 4. The van der Waals surface area contributed by atoms with Crippen molar-refractivity contribution in [3.8, 4) is 5.69 Å². The molecule has 2 aliphatic heterocycles. The maximum atomic E-state index is 13.2. The van der Waals surface area contributed by atoms with Crippen LogP contribution in [0.5, 0.6) is 0 Å². The average molecular weight is 444 g/mol. The Morgan fingerprint density at radius 2 is 1.84 bits per heavy atom. The molecule has 3 aromatic rings. The smallest absolute Gasteiger partial charge is 0.283 e. The first-order valence-corrected chi connectivity index (χ1v) is 10.9. The average Bonchev–Trinajstić information content (AvgIpc) is 3.44. The van der Waals surface area contributed by atoms with Crippen molar-refractivity contribution in [2.24, 2.45) is 10.1 Å². The third kappa shape index (κ3) is 3.58. The number of fused-ring (bicyclic) bond motifs is 1. The number of hydrogen-bond donors (Lipinski definition) is 1. The number of aromatic nitrogens is 1. The molecule has 0 radical (unpaired) electrons. The molecule has 5 rings (SSSR count). The summed E-state index contributed by atoms with van der Waals surface area (Å²) in [7, 11) is 0. The van der Waals surface area contributed by atoms with Crippen molar-refractivity contribution in [3.05, 3.63) is 95.1 Å². The highest BCUT2D eigenvalue weighted by Gasteiger charge is 2.36. The van der Waals surface area contributed by atoms with Crippen LogP contribution in [0.1, 0.15) is 23.7 Å². The number of halogens is 1.